The van der Waals surface area contributed by atoms with E-state index >= 15 is 0 Å². The van der Waals surface area contributed by atoms with Crippen LogP contribution in [0.25, 0.3) is 21.0 Å². The fourth-order valence-electron chi connectivity index (χ4n) is 1.54. The Kier molecular flexibility index (Phi) is 3.61. The van der Waals surface area contributed by atoms with Gasteiger partial charge in [-0.25, -0.2) is 0 Å². The van der Waals surface area contributed by atoms with E-state index in [4.69, 9.17) is 0 Å². The Balaban J connectivity index is 2.04. The van der Waals surface area contributed by atoms with Gasteiger partial charge in [0.05, 0.1) is 18.6 Å². The van der Waals surface area contributed by atoms with Gasteiger partial charge in [0.2, 0.25) is 0 Å². The van der Waals surface area contributed by atoms with Gasteiger partial charge >= 0.3 is 0 Å². The lowest BCUT2D eigenvalue weighted by atomic mass is 10.2. The van der Waals surface area contributed by atoms with Crippen molar-refractivity contribution in [1.82, 2.24) is 10.2 Å². The Morgan fingerprint density at radius 3 is 2.17 bits per heavy atom. The number of aromatic nitrogens is 2. The van der Waals surface area contributed by atoms with Crippen molar-refractivity contribution in [1.29, 1.82) is 0 Å². The molecule has 0 aromatic carbocycles. The largest absolute Gasteiger partial charge is 0.158 e. The minimum atomic E-state index is 0.910. The van der Waals surface area contributed by atoms with Crippen molar-refractivity contribution in [3.8, 4) is 21.0 Å². The van der Waals surface area contributed by atoms with Crippen molar-refractivity contribution in [2.45, 2.75) is 0 Å². The van der Waals surface area contributed by atoms with E-state index in [1.807, 2.05) is 18.2 Å². The maximum absolute atomic E-state index is 4.19. The second-order valence-corrected chi connectivity index (χ2v) is 8.46. The highest BCUT2D eigenvalue weighted by atomic mass is 79.9. The van der Waals surface area contributed by atoms with Crippen LogP contribution in [0, 0.1) is 0 Å². The van der Waals surface area contributed by atoms with Crippen LogP contribution in [0.1, 0.15) is 0 Å². The average Bonchev–Trinajstić information content (AvgIpc) is 2.98. The predicted molar refractivity (Wildman–Crippen MR) is 84.1 cm³/mol. The SMILES string of the molecule is Brc1ccc(-c2cnnc(-c3ccc(Br)s3)c2)s1. The minimum absolute atomic E-state index is 0.910. The molecule has 0 aliphatic rings. The number of hydrogen-bond acceptors (Lipinski definition) is 4. The van der Waals surface area contributed by atoms with Crippen molar-refractivity contribution in [3.63, 3.8) is 0 Å². The maximum Gasteiger partial charge on any atom is 0.104 e. The Hall–Kier alpha value is -0.560. The van der Waals surface area contributed by atoms with Gasteiger partial charge in [-0.15, -0.1) is 27.8 Å². The molecule has 2 nitrogen and oxygen atoms in total. The van der Waals surface area contributed by atoms with E-state index in [1.54, 1.807) is 28.9 Å². The fraction of sp³-hybridized carbons (Fsp3) is 0. The molecular formula is C12H6Br2N2S2. The number of rotatable bonds is 2. The Labute approximate surface area is 129 Å². The summed E-state index contributed by atoms with van der Waals surface area (Å²) in [6.45, 7) is 0. The molecule has 18 heavy (non-hydrogen) atoms. The first-order valence-electron chi connectivity index (χ1n) is 5.06. The molecule has 0 spiro atoms. The molecule has 0 aliphatic carbocycles. The van der Waals surface area contributed by atoms with Crippen LogP contribution in [0.5, 0.6) is 0 Å². The molecule has 0 unspecified atom stereocenters. The van der Waals surface area contributed by atoms with Crippen LogP contribution in [-0.2, 0) is 0 Å². The summed E-state index contributed by atoms with van der Waals surface area (Å²) < 4.78 is 2.22. The summed E-state index contributed by atoms with van der Waals surface area (Å²) in [5.41, 5.74) is 2.01. The quantitative estimate of drug-likeness (QED) is 0.569. The number of halogens is 2. The van der Waals surface area contributed by atoms with Gasteiger partial charge in [-0.1, -0.05) is 0 Å². The highest BCUT2D eigenvalue weighted by Crippen LogP contribution is 2.34. The second-order valence-electron chi connectivity index (χ2n) is 3.54. The molecule has 0 radical (unpaired) electrons. The standard InChI is InChI=1S/C12H6Br2N2S2/c13-11-3-1-9(17-11)7-5-8(16-15-6-7)10-2-4-12(14)18-10/h1-6H. The monoisotopic (exact) mass is 400 g/mol. The first-order chi connectivity index (χ1) is 8.72. The zero-order valence-corrected chi connectivity index (χ0v) is 13.7. The highest BCUT2D eigenvalue weighted by molar-refractivity contribution is 9.11. The summed E-state index contributed by atoms with van der Waals surface area (Å²) in [5.74, 6) is 0. The molecule has 0 amide bonds. The van der Waals surface area contributed by atoms with Crippen LogP contribution in [0.2, 0.25) is 0 Å². The van der Waals surface area contributed by atoms with E-state index in [-0.39, 0.29) is 0 Å². The Morgan fingerprint density at radius 1 is 0.889 bits per heavy atom. The first kappa shape index (κ1) is 12.5. The van der Waals surface area contributed by atoms with Crippen LogP contribution in [0.3, 0.4) is 0 Å². The van der Waals surface area contributed by atoms with Gasteiger partial charge in [-0.05, 0) is 62.2 Å². The molecule has 0 saturated carbocycles. The molecule has 3 aromatic heterocycles. The highest BCUT2D eigenvalue weighted by Gasteiger charge is 2.07. The molecular weight excluding hydrogens is 396 g/mol. The first-order valence-corrected chi connectivity index (χ1v) is 8.28. The van der Waals surface area contributed by atoms with Gasteiger partial charge in [0.15, 0.2) is 0 Å². The number of nitrogens with zero attached hydrogens (tertiary/aromatic N) is 2. The van der Waals surface area contributed by atoms with Gasteiger partial charge in [0, 0.05) is 10.4 Å². The van der Waals surface area contributed by atoms with Gasteiger partial charge in [-0.3, -0.25) is 0 Å². The topological polar surface area (TPSA) is 25.8 Å². The minimum Gasteiger partial charge on any atom is -0.158 e. The third-order valence-electron chi connectivity index (χ3n) is 2.34. The van der Waals surface area contributed by atoms with Crippen LogP contribution in [-0.4, -0.2) is 10.2 Å². The van der Waals surface area contributed by atoms with Gasteiger partial charge in [0.1, 0.15) is 5.69 Å². The lowest BCUT2D eigenvalue weighted by Crippen LogP contribution is -1.85. The summed E-state index contributed by atoms with van der Waals surface area (Å²) in [4.78, 5) is 2.31. The zero-order valence-electron chi connectivity index (χ0n) is 8.93. The fourth-order valence-corrected chi connectivity index (χ4v) is 4.25. The number of hydrogen-bond donors (Lipinski definition) is 0. The normalized spacial score (nSPS) is 10.8. The second kappa shape index (κ2) is 5.21. The molecule has 0 N–H and O–H groups in total. The third kappa shape index (κ3) is 2.56. The Morgan fingerprint density at radius 2 is 1.56 bits per heavy atom. The summed E-state index contributed by atoms with van der Waals surface area (Å²) in [7, 11) is 0. The van der Waals surface area contributed by atoms with Crippen molar-refractivity contribution < 1.29 is 0 Å². The molecule has 0 aliphatic heterocycles. The number of thiophene rings is 2. The average molecular weight is 402 g/mol. The molecule has 6 heteroatoms. The maximum atomic E-state index is 4.19. The summed E-state index contributed by atoms with van der Waals surface area (Å²) in [5, 5.41) is 8.28. The molecule has 3 rings (SSSR count). The van der Waals surface area contributed by atoms with E-state index < -0.39 is 0 Å². The van der Waals surface area contributed by atoms with Crippen LogP contribution in [0.4, 0.5) is 0 Å². The molecule has 0 fully saturated rings. The predicted octanol–water partition coefficient (Wildman–Crippen LogP) is 5.46. The molecule has 0 bridgehead atoms. The van der Waals surface area contributed by atoms with Crippen LogP contribution >= 0.6 is 54.5 Å². The molecule has 0 saturated heterocycles. The van der Waals surface area contributed by atoms with Crippen molar-refractivity contribution in [2.24, 2.45) is 0 Å². The Bertz CT molecular complexity index is 635. The zero-order chi connectivity index (χ0) is 12.5. The van der Waals surface area contributed by atoms with E-state index in [0.717, 1.165) is 23.7 Å². The van der Waals surface area contributed by atoms with Crippen LogP contribution < -0.4 is 0 Å². The van der Waals surface area contributed by atoms with Crippen molar-refractivity contribution >= 4 is 54.5 Å². The third-order valence-corrected chi connectivity index (χ3v) is 5.66. The van der Waals surface area contributed by atoms with Gasteiger partial charge in [0.25, 0.3) is 0 Å². The molecule has 0 atom stereocenters. The van der Waals surface area contributed by atoms with E-state index in [9.17, 15) is 0 Å². The van der Waals surface area contributed by atoms with Crippen LogP contribution in [0.15, 0.2) is 44.1 Å². The molecule has 3 heterocycles. The van der Waals surface area contributed by atoms with Crippen molar-refractivity contribution in [2.75, 3.05) is 0 Å². The van der Waals surface area contributed by atoms with Gasteiger partial charge in [-0.2, -0.15) is 5.10 Å². The van der Waals surface area contributed by atoms with E-state index in [2.05, 4.69) is 54.2 Å². The lowest BCUT2D eigenvalue weighted by molar-refractivity contribution is 1.04. The van der Waals surface area contributed by atoms with Crippen molar-refractivity contribution in [3.05, 3.63) is 44.1 Å². The summed E-state index contributed by atoms with van der Waals surface area (Å²) in [6, 6.07) is 10.3. The van der Waals surface area contributed by atoms with Gasteiger partial charge < -0.3 is 0 Å². The molecule has 3 aromatic rings. The summed E-state index contributed by atoms with van der Waals surface area (Å²) >= 11 is 10.3. The van der Waals surface area contributed by atoms with E-state index in [1.165, 1.54) is 4.88 Å². The lowest BCUT2D eigenvalue weighted by Gasteiger charge is -1.99. The smallest absolute Gasteiger partial charge is 0.104 e. The summed E-state index contributed by atoms with van der Waals surface area (Å²) in [6.07, 6.45) is 1.80. The molecule has 90 valence electrons. The van der Waals surface area contributed by atoms with E-state index in [0.29, 0.717) is 0 Å².